The zero-order chi connectivity index (χ0) is 66.5. The van der Waals surface area contributed by atoms with Crippen LogP contribution in [0, 0.1) is 0 Å². The van der Waals surface area contributed by atoms with E-state index in [1.807, 2.05) is 0 Å². The fraction of sp³-hybridized carbons (Fsp3) is 0.692. The third-order valence-electron chi connectivity index (χ3n) is 20.2. The van der Waals surface area contributed by atoms with Crippen LogP contribution in [0.4, 0.5) is 17.1 Å². The molecule has 0 aromatic heterocycles. The summed E-state index contributed by atoms with van der Waals surface area (Å²) in [6.45, 7) is 9.89. The number of hydrogen-bond acceptors (Lipinski definition) is 13. The number of carbonyl (C=O) groups excluding carboxylic acids is 1. The van der Waals surface area contributed by atoms with Gasteiger partial charge in [0.25, 0.3) is 0 Å². The second kappa shape index (κ2) is 36.8. The Morgan fingerprint density at radius 2 is 1.04 bits per heavy atom. The molecule has 5 aromatic carbocycles. The highest BCUT2D eigenvalue weighted by Gasteiger charge is 2.40. The number of thioether (sulfide) groups is 2. The molecule has 93 heavy (non-hydrogen) atoms. The number of rotatable bonds is 45. The topological polar surface area (TPSA) is 159 Å². The summed E-state index contributed by atoms with van der Waals surface area (Å²) in [6, 6.07) is -0.742. The SMILES string of the molecule is CCOC(=O)C1CSc2c(c3c(=O)c(NCCCCCCCCCCCCCCCCCC[N+](C)(C)C)c4c5c6c(c(OC)c(=O)c7c8c(c(CO)c(c(c2CO)c35)c76)SCCN8)C(C(C)=NCCCCCCCCCCCCCCCCCC[N+](C)(C)C)C(C)=C4)N1. The molecule has 8 rings (SSSR count). The standard InChI is InChI=1S/C78H120N6O7S2/c1-11-91-78(89)59-53-93-77-58(52-86)62-63-57(51-85)76-71(81-46-49-92-76)68-66(63)65-61-56(70(73(87)69(64(61)62)72(77)82-59)80-45-41-37-33-29-25-21-17-13-15-19-23-27-31-35-39-43-48-84(7,8)9)50-54(2)60(67(65)75(90-10)74(68)88)55(3)79-44-40-36-32-28-24-20-16-12-14-18-22-26-30-34-38-42-47-83(4,5)6/h50,59-60,85-86H,11-49,51-53H2,1-10H3,(H-2,80,81,82,87,88)/p+2. The molecule has 15 heteroatoms. The van der Waals surface area contributed by atoms with Crippen LogP contribution in [-0.2, 0) is 22.7 Å². The minimum atomic E-state index is -0.742. The van der Waals surface area contributed by atoms with Crippen LogP contribution < -0.4 is 31.5 Å². The summed E-state index contributed by atoms with van der Waals surface area (Å²) < 4.78 is 14.2. The normalized spacial score (nSPS) is 15.9. The molecule has 0 bridgehead atoms. The molecule has 5 aromatic rings. The van der Waals surface area contributed by atoms with E-state index in [0.717, 1.165) is 79.3 Å². The van der Waals surface area contributed by atoms with Crippen LogP contribution in [0.1, 0.15) is 254 Å². The fourth-order valence-corrected chi connectivity index (χ4v) is 17.6. The lowest BCUT2D eigenvalue weighted by molar-refractivity contribution is -0.870. The number of unbranched alkanes of at least 4 members (excludes halogenated alkanes) is 30. The summed E-state index contributed by atoms with van der Waals surface area (Å²) in [7, 11) is 15.3. The van der Waals surface area contributed by atoms with Crippen molar-refractivity contribution in [3.8, 4) is 5.75 Å². The molecule has 0 amide bonds. The summed E-state index contributed by atoms with van der Waals surface area (Å²) in [5.74, 6) is 0.403. The Bertz CT molecular complexity index is 3410. The number of benzene rings is 5. The van der Waals surface area contributed by atoms with Crippen LogP contribution in [0.25, 0.3) is 49.2 Å². The summed E-state index contributed by atoms with van der Waals surface area (Å²) in [6.07, 6.45) is 43.2. The Hall–Kier alpha value is -4.38. The van der Waals surface area contributed by atoms with Crippen LogP contribution in [0.5, 0.6) is 5.75 Å². The number of aliphatic hydroxyl groups is 2. The van der Waals surface area contributed by atoms with Crippen molar-refractivity contribution in [3.05, 3.63) is 48.3 Å². The van der Waals surface area contributed by atoms with Crippen molar-refractivity contribution in [1.29, 1.82) is 0 Å². The fourth-order valence-electron chi connectivity index (χ4n) is 15.4. The number of aliphatic hydroxyl groups excluding tert-OH is 2. The monoisotopic (exact) mass is 1320 g/mol. The highest BCUT2D eigenvalue weighted by Crippen LogP contribution is 2.58. The Morgan fingerprint density at radius 3 is 1.52 bits per heavy atom. The number of nitrogens with zero attached hydrogens (tertiary/aromatic N) is 3. The summed E-state index contributed by atoms with van der Waals surface area (Å²) >= 11 is 3.04. The molecule has 0 radical (unpaired) electrons. The Labute approximate surface area is 568 Å². The molecule has 2 aliphatic heterocycles. The molecule has 13 nitrogen and oxygen atoms in total. The van der Waals surface area contributed by atoms with E-state index in [0.29, 0.717) is 96.4 Å². The van der Waals surface area contributed by atoms with Gasteiger partial charge in [-0.2, -0.15) is 0 Å². The van der Waals surface area contributed by atoms with E-state index in [1.165, 1.54) is 198 Å². The highest BCUT2D eigenvalue weighted by atomic mass is 32.2. The lowest BCUT2D eigenvalue weighted by Gasteiger charge is -2.32. The number of anilines is 3. The van der Waals surface area contributed by atoms with Crippen molar-refractivity contribution in [3.63, 3.8) is 0 Å². The van der Waals surface area contributed by atoms with Gasteiger partial charge >= 0.3 is 5.97 Å². The van der Waals surface area contributed by atoms with Crippen molar-refractivity contribution >= 4 is 101 Å². The second-order valence-corrected chi connectivity index (χ2v) is 31.9. The quantitative estimate of drug-likeness (QED) is 0.00628. The zero-order valence-corrected chi connectivity index (χ0v) is 61.2. The van der Waals surface area contributed by atoms with Crippen molar-refractivity contribution in [2.75, 3.05) is 116 Å². The largest absolute Gasteiger partial charge is 0.492 e. The summed E-state index contributed by atoms with van der Waals surface area (Å²) in [5, 5.41) is 39.7. The number of quaternary nitrogens is 2. The van der Waals surface area contributed by atoms with Gasteiger partial charge < -0.3 is 44.6 Å². The molecule has 0 saturated carbocycles. The van der Waals surface area contributed by atoms with E-state index in [-0.39, 0.29) is 36.4 Å². The van der Waals surface area contributed by atoms with Crippen LogP contribution in [0.15, 0.2) is 29.9 Å². The average Bonchev–Trinajstić information content (AvgIpc) is 1.60. The summed E-state index contributed by atoms with van der Waals surface area (Å²) in [4.78, 5) is 52.5. The van der Waals surface area contributed by atoms with E-state index in [4.69, 9.17) is 14.5 Å². The van der Waals surface area contributed by atoms with Gasteiger partial charge in [0.05, 0.1) is 110 Å². The second-order valence-electron chi connectivity index (χ2n) is 29.7. The maximum absolute atomic E-state index is 16.2. The third-order valence-corrected chi connectivity index (χ3v) is 22.6. The van der Waals surface area contributed by atoms with E-state index < -0.39 is 17.9 Å². The zero-order valence-electron chi connectivity index (χ0n) is 59.5. The number of esters is 1. The van der Waals surface area contributed by atoms with Gasteiger partial charge in [-0.1, -0.05) is 179 Å². The van der Waals surface area contributed by atoms with Crippen LogP contribution in [-0.4, -0.2) is 137 Å². The van der Waals surface area contributed by atoms with Crippen LogP contribution in [0.2, 0.25) is 0 Å². The smallest absolute Gasteiger partial charge is 0.329 e. The van der Waals surface area contributed by atoms with Crippen LogP contribution >= 0.6 is 23.5 Å². The minimum absolute atomic E-state index is 0.200. The number of allylic oxidation sites excluding steroid dienone is 1. The molecule has 0 saturated heterocycles. The third kappa shape index (κ3) is 19.3. The maximum atomic E-state index is 16.2. The Morgan fingerprint density at radius 1 is 0.591 bits per heavy atom. The van der Waals surface area contributed by atoms with E-state index >= 15 is 9.59 Å². The number of nitrogens with one attached hydrogen (secondary N) is 3. The first-order valence-corrected chi connectivity index (χ1v) is 39.0. The first-order chi connectivity index (χ1) is 45.0. The number of hydrogen-bond donors (Lipinski definition) is 5. The Kier molecular flexibility index (Phi) is 29.5. The molecule has 3 aliphatic rings. The Balaban J connectivity index is 1.03. The van der Waals surface area contributed by atoms with E-state index in [1.54, 1.807) is 25.8 Å². The number of ether oxygens (including phenoxy) is 2. The first kappa shape index (κ1) is 74.4. The molecule has 0 fully saturated rings. The number of carbonyl (C=O) groups is 1. The van der Waals surface area contributed by atoms with Gasteiger partial charge in [-0.3, -0.25) is 14.6 Å². The van der Waals surface area contributed by atoms with Gasteiger partial charge in [-0.15, -0.1) is 23.5 Å². The lowest BCUT2D eigenvalue weighted by Crippen LogP contribution is -2.36. The van der Waals surface area contributed by atoms with Crippen molar-refractivity contribution in [2.24, 2.45) is 4.99 Å². The molecule has 2 atom stereocenters. The first-order valence-electron chi connectivity index (χ1n) is 37.0. The van der Waals surface area contributed by atoms with E-state index in [2.05, 4.69) is 78.2 Å². The summed E-state index contributed by atoms with van der Waals surface area (Å²) in [5.41, 5.74) is 5.71. The van der Waals surface area contributed by atoms with Crippen LogP contribution in [0.3, 0.4) is 0 Å². The molecule has 5 N–H and O–H groups in total. The van der Waals surface area contributed by atoms with Gasteiger partial charge in [0.15, 0.2) is 5.75 Å². The predicted molar refractivity (Wildman–Crippen MR) is 400 cm³/mol. The van der Waals surface area contributed by atoms with E-state index in [9.17, 15) is 15.0 Å². The number of fused-ring (bicyclic) bond motifs is 5. The van der Waals surface area contributed by atoms with Gasteiger partial charge in [-0.05, 0) is 75.5 Å². The molecular formula is C78H122N6O7S2+2. The number of aliphatic imine (C=N–C) groups is 1. The van der Waals surface area contributed by atoms with Gasteiger partial charge in [0, 0.05) is 91.0 Å². The predicted octanol–water partition coefficient (Wildman–Crippen LogP) is 18.1. The molecule has 2 unspecified atom stereocenters. The molecule has 2 heterocycles. The molecule has 516 valence electrons. The van der Waals surface area contributed by atoms with Crippen molar-refractivity contribution in [1.82, 2.24) is 0 Å². The highest BCUT2D eigenvalue weighted by molar-refractivity contribution is 8.00. The lowest BCUT2D eigenvalue weighted by atomic mass is 9.78. The van der Waals surface area contributed by atoms with Gasteiger partial charge in [0.1, 0.15) is 6.04 Å². The van der Waals surface area contributed by atoms with Gasteiger partial charge in [-0.25, -0.2) is 4.79 Å². The number of methoxy groups -OCH3 is 1. The average molecular weight is 1320 g/mol. The van der Waals surface area contributed by atoms with Crippen molar-refractivity contribution < 1.29 is 33.4 Å². The van der Waals surface area contributed by atoms with Gasteiger partial charge in [0.2, 0.25) is 10.9 Å². The maximum Gasteiger partial charge on any atom is 0.329 e. The minimum Gasteiger partial charge on any atom is -0.492 e. The molecule has 1 aliphatic carbocycles. The molecule has 0 spiro atoms. The van der Waals surface area contributed by atoms with Crippen molar-refractivity contribution in [2.45, 2.75) is 261 Å². The molecular weight excluding hydrogens is 1200 g/mol.